The van der Waals surface area contributed by atoms with Gasteiger partial charge in [-0.2, -0.15) is 0 Å². The molecule has 1 atom stereocenters. The highest BCUT2D eigenvalue weighted by atomic mass is 32.2. The Hall–Kier alpha value is -1.10. The number of benzene rings is 1. The number of pyridine rings is 1. The van der Waals surface area contributed by atoms with Crippen molar-refractivity contribution in [2.45, 2.75) is 30.5 Å². The first kappa shape index (κ1) is 13.9. The van der Waals surface area contributed by atoms with E-state index in [0.29, 0.717) is 6.10 Å². The van der Waals surface area contributed by atoms with Gasteiger partial charge in [0.25, 0.3) is 0 Å². The van der Waals surface area contributed by atoms with E-state index in [-0.39, 0.29) is 0 Å². The molecule has 0 spiro atoms. The molecule has 1 aromatic carbocycles. The van der Waals surface area contributed by atoms with Crippen molar-refractivity contribution in [3.05, 3.63) is 35.9 Å². The van der Waals surface area contributed by atoms with E-state index in [1.807, 2.05) is 24.9 Å². The summed E-state index contributed by atoms with van der Waals surface area (Å²) >= 11 is 1.82. The summed E-state index contributed by atoms with van der Waals surface area (Å²) in [6.45, 7) is 1.77. The smallest absolute Gasteiger partial charge is 0.101 e. The fourth-order valence-corrected chi connectivity index (χ4v) is 3.62. The third-order valence-electron chi connectivity index (χ3n) is 3.56. The van der Waals surface area contributed by atoms with Crippen molar-refractivity contribution in [1.29, 1.82) is 0 Å². The number of hydrogen-bond acceptors (Lipinski definition) is 4. The monoisotopic (exact) mass is 288 g/mol. The molecule has 2 aromatic rings. The molecule has 106 valence electrons. The van der Waals surface area contributed by atoms with Crippen LogP contribution in [0.15, 0.2) is 35.4 Å². The number of ether oxygens (including phenoxy) is 1. The van der Waals surface area contributed by atoms with Gasteiger partial charge in [0.05, 0.1) is 11.6 Å². The minimum Gasteiger partial charge on any atom is -0.377 e. The maximum absolute atomic E-state index is 5.70. The van der Waals surface area contributed by atoms with Crippen LogP contribution in [0, 0.1) is 0 Å². The highest BCUT2D eigenvalue weighted by molar-refractivity contribution is 7.99. The van der Waals surface area contributed by atoms with Crippen LogP contribution < -0.4 is 5.32 Å². The maximum Gasteiger partial charge on any atom is 0.101 e. The van der Waals surface area contributed by atoms with Gasteiger partial charge in [-0.1, -0.05) is 18.2 Å². The largest absolute Gasteiger partial charge is 0.377 e. The first-order chi connectivity index (χ1) is 9.86. The molecule has 2 heterocycles. The molecular formula is C16H20N2OS. The number of aromatic nitrogens is 1. The fourth-order valence-electron chi connectivity index (χ4n) is 2.53. The highest BCUT2D eigenvalue weighted by Crippen LogP contribution is 2.27. The van der Waals surface area contributed by atoms with Crippen molar-refractivity contribution in [1.82, 2.24) is 10.3 Å². The molecule has 20 heavy (non-hydrogen) atoms. The summed E-state index contributed by atoms with van der Waals surface area (Å²) in [4.78, 5) is 4.82. The van der Waals surface area contributed by atoms with Crippen LogP contribution in [0.3, 0.4) is 0 Å². The molecule has 1 aromatic heterocycles. The molecule has 1 aliphatic heterocycles. The lowest BCUT2D eigenvalue weighted by molar-refractivity contribution is 0.129. The number of nitrogens with one attached hydrogen (secondary N) is 1. The molecule has 3 rings (SSSR count). The van der Waals surface area contributed by atoms with E-state index < -0.39 is 0 Å². The van der Waals surface area contributed by atoms with Crippen LogP contribution in [-0.4, -0.2) is 30.5 Å². The fraction of sp³-hybridized carbons (Fsp3) is 0.438. The molecular weight excluding hydrogens is 268 g/mol. The molecule has 0 bridgehead atoms. The maximum atomic E-state index is 5.70. The number of para-hydroxylation sites is 1. The number of fused-ring (bicyclic) bond motifs is 1. The third-order valence-corrected chi connectivity index (χ3v) is 4.73. The van der Waals surface area contributed by atoms with Gasteiger partial charge in [0.2, 0.25) is 0 Å². The molecule has 1 fully saturated rings. The Morgan fingerprint density at radius 1 is 1.40 bits per heavy atom. The lowest BCUT2D eigenvalue weighted by Crippen LogP contribution is -2.10. The number of nitrogens with zero attached hydrogens (tertiary/aromatic N) is 1. The molecule has 0 radical (unpaired) electrons. The lowest BCUT2D eigenvalue weighted by atomic mass is 10.1. The number of hydrogen-bond donors (Lipinski definition) is 1. The van der Waals surface area contributed by atoms with E-state index in [9.17, 15) is 0 Å². The van der Waals surface area contributed by atoms with Crippen molar-refractivity contribution in [3.63, 3.8) is 0 Å². The number of rotatable bonds is 5. The molecule has 4 heteroatoms. The van der Waals surface area contributed by atoms with Gasteiger partial charge < -0.3 is 10.1 Å². The minimum absolute atomic E-state index is 0.399. The van der Waals surface area contributed by atoms with E-state index in [1.54, 1.807) is 0 Å². The Balaban J connectivity index is 1.84. The van der Waals surface area contributed by atoms with Crippen molar-refractivity contribution < 1.29 is 4.74 Å². The van der Waals surface area contributed by atoms with Gasteiger partial charge in [-0.25, -0.2) is 4.98 Å². The Morgan fingerprint density at radius 3 is 3.10 bits per heavy atom. The summed E-state index contributed by atoms with van der Waals surface area (Å²) in [7, 11) is 1.98. The van der Waals surface area contributed by atoms with Crippen LogP contribution in [0.25, 0.3) is 10.9 Å². The van der Waals surface area contributed by atoms with E-state index in [0.717, 1.165) is 29.4 Å². The first-order valence-corrected chi connectivity index (χ1v) is 8.13. The summed E-state index contributed by atoms with van der Waals surface area (Å²) < 4.78 is 5.70. The van der Waals surface area contributed by atoms with Crippen molar-refractivity contribution in [3.8, 4) is 0 Å². The van der Waals surface area contributed by atoms with Gasteiger partial charge in [0.1, 0.15) is 5.03 Å². The van der Waals surface area contributed by atoms with Crippen LogP contribution in [0.1, 0.15) is 18.4 Å². The lowest BCUT2D eigenvalue weighted by Gasteiger charge is -2.12. The van der Waals surface area contributed by atoms with E-state index in [4.69, 9.17) is 9.72 Å². The Labute approximate surface area is 124 Å². The van der Waals surface area contributed by atoms with Crippen LogP contribution in [-0.2, 0) is 11.3 Å². The zero-order valence-corrected chi connectivity index (χ0v) is 12.6. The van der Waals surface area contributed by atoms with Crippen molar-refractivity contribution in [2.75, 3.05) is 19.4 Å². The third kappa shape index (κ3) is 3.14. The standard InChI is InChI=1S/C16H20N2OS/c1-17-10-13-9-12-5-2-3-7-15(12)18-16(13)20-11-14-6-4-8-19-14/h2-3,5,7,9,14,17H,4,6,8,10-11H2,1H3. The second kappa shape index (κ2) is 6.57. The molecule has 3 nitrogen and oxygen atoms in total. The zero-order valence-electron chi connectivity index (χ0n) is 11.8. The van der Waals surface area contributed by atoms with Gasteiger partial charge in [-0.3, -0.25) is 0 Å². The molecule has 0 aliphatic carbocycles. The average molecular weight is 288 g/mol. The Kier molecular flexibility index (Phi) is 4.55. The first-order valence-electron chi connectivity index (χ1n) is 7.14. The molecule has 1 N–H and O–H groups in total. The quantitative estimate of drug-likeness (QED) is 0.857. The van der Waals surface area contributed by atoms with Crippen LogP contribution in [0.4, 0.5) is 0 Å². The van der Waals surface area contributed by atoms with Gasteiger partial charge in [-0.05, 0) is 37.6 Å². The molecule has 1 saturated heterocycles. The van der Waals surface area contributed by atoms with Gasteiger partial charge in [0, 0.05) is 24.3 Å². The molecule has 0 amide bonds. The van der Waals surface area contributed by atoms with Gasteiger partial charge in [-0.15, -0.1) is 11.8 Å². The second-order valence-electron chi connectivity index (χ2n) is 5.12. The summed E-state index contributed by atoms with van der Waals surface area (Å²) in [5, 5.41) is 5.57. The highest BCUT2D eigenvalue weighted by Gasteiger charge is 2.17. The molecule has 1 aliphatic rings. The van der Waals surface area contributed by atoms with Gasteiger partial charge >= 0.3 is 0 Å². The SMILES string of the molecule is CNCc1cc2ccccc2nc1SCC1CCCO1. The summed E-state index contributed by atoms with van der Waals surface area (Å²) in [6.07, 6.45) is 2.78. The Morgan fingerprint density at radius 2 is 2.30 bits per heavy atom. The predicted octanol–water partition coefficient (Wildman–Crippen LogP) is 3.23. The summed E-state index contributed by atoms with van der Waals surface area (Å²) in [6, 6.07) is 10.6. The summed E-state index contributed by atoms with van der Waals surface area (Å²) in [5.74, 6) is 1.00. The van der Waals surface area contributed by atoms with Gasteiger partial charge in [0.15, 0.2) is 0 Å². The predicted molar refractivity (Wildman–Crippen MR) is 84.2 cm³/mol. The number of thioether (sulfide) groups is 1. The molecule has 1 unspecified atom stereocenters. The Bertz CT molecular complexity index is 582. The minimum atomic E-state index is 0.399. The zero-order chi connectivity index (χ0) is 13.8. The van der Waals surface area contributed by atoms with E-state index in [2.05, 4.69) is 29.6 Å². The molecule has 0 saturated carbocycles. The summed E-state index contributed by atoms with van der Waals surface area (Å²) in [5.41, 5.74) is 2.34. The van der Waals surface area contributed by atoms with E-state index in [1.165, 1.54) is 23.8 Å². The van der Waals surface area contributed by atoms with Crippen LogP contribution >= 0.6 is 11.8 Å². The van der Waals surface area contributed by atoms with Crippen molar-refractivity contribution >= 4 is 22.7 Å². The van der Waals surface area contributed by atoms with Crippen molar-refractivity contribution in [2.24, 2.45) is 0 Å². The van der Waals surface area contributed by atoms with E-state index >= 15 is 0 Å². The topological polar surface area (TPSA) is 34.2 Å². The second-order valence-corrected chi connectivity index (χ2v) is 6.13. The normalized spacial score (nSPS) is 18.8. The van der Waals surface area contributed by atoms with Crippen LogP contribution in [0.5, 0.6) is 0 Å². The average Bonchev–Trinajstić information content (AvgIpc) is 2.98. The van der Waals surface area contributed by atoms with Crippen LogP contribution in [0.2, 0.25) is 0 Å².